The summed E-state index contributed by atoms with van der Waals surface area (Å²) >= 11 is 0. The smallest absolute Gasteiger partial charge is 0.449 e. The number of nitrogens with one attached hydrogen (secondary N) is 2. The molecule has 0 saturated carbocycles. The second-order valence-corrected chi connectivity index (χ2v) is 15.2. The number of alkyl halides is 17. The van der Waals surface area contributed by atoms with Crippen molar-refractivity contribution in [2.75, 3.05) is 13.2 Å². The molecule has 0 fully saturated rings. The fourth-order valence-corrected chi connectivity index (χ4v) is 3.15. The van der Waals surface area contributed by atoms with E-state index in [0.29, 0.717) is 6.04 Å². The Bertz CT molecular complexity index is 951. The Morgan fingerprint density at radius 2 is 0.881 bits per heavy atom. The van der Waals surface area contributed by atoms with Crippen LogP contribution in [0.4, 0.5) is 84.2 Å². The zero-order valence-electron chi connectivity index (χ0n) is 21.1. The summed E-state index contributed by atoms with van der Waals surface area (Å²) in [4.78, 5) is 22.6. The average molecular weight is 680 g/mol. The van der Waals surface area contributed by atoms with Crippen molar-refractivity contribution >= 4 is 20.3 Å². The lowest BCUT2D eigenvalue weighted by Crippen LogP contribution is -2.74. The van der Waals surface area contributed by atoms with Crippen LogP contribution in [0.3, 0.4) is 0 Å². The predicted octanol–water partition coefficient (Wildman–Crippen LogP) is 7.48. The van der Waals surface area contributed by atoms with Gasteiger partial charge in [0.1, 0.15) is 0 Å². The predicted molar refractivity (Wildman–Crippen MR) is 107 cm³/mol. The highest BCUT2D eigenvalue weighted by molar-refractivity contribution is 6.76. The molecule has 2 N–H and O–H groups in total. The van der Waals surface area contributed by atoms with E-state index < -0.39 is 87.3 Å². The summed E-state index contributed by atoms with van der Waals surface area (Å²) in [5.41, 5.74) is 2.99. The van der Waals surface area contributed by atoms with Crippen molar-refractivity contribution in [2.45, 2.75) is 86.2 Å². The van der Waals surface area contributed by atoms with Crippen molar-refractivity contribution < 1.29 is 93.7 Å². The number of rotatable bonds is 13. The van der Waals surface area contributed by atoms with Crippen LogP contribution in [0.15, 0.2) is 0 Å². The Morgan fingerprint density at radius 1 is 0.548 bits per heavy atom. The van der Waals surface area contributed by atoms with Gasteiger partial charge in [-0.05, 0) is 12.5 Å². The molecule has 0 saturated heterocycles. The van der Waals surface area contributed by atoms with Crippen LogP contribution < -0.4 is 10.9 Å². The third-order valence-corrected chi connectivity index (χ3v) is 6.71. The molecule has 0 aliphatic rings. The molecule has 0 atom stereocenters. The number of hydrazine groups is 1. The first-order chi connectivity index (χ1) is 18.2. The van der Waals surface area contributed by atoms with Crippen molar-refractivity contribution in [3.63, 3.8) is 0 Å². The molecule has 0 rings (SSSR count). The Balaban J connectivity index is 5.48. The van der Waals surface area contributed by atoms with Crippen molar-refractivity contribution in [2.24, 2.45) is 0 Å². The summed E-state index contributed by atoms with van der Waals surface area (Å²) < 4.78 is 233. The van der Waals surface area contributed by atoms with E-state index in [1.54, 1.807) is 5.43 Å². The van der Waals surface area contributed by atoms with Crippen molar-refractivity contribution in [1.29, 1.82) is 0 Å². The first kappa shape index (κ1) is 39.6. The summed E-state index contributed by atoms with van der Waals surface area (Å²) in [5, 5.41) is 0. The van der Waals surface area contributed by atoms with Gasteiger partial charge >= 0.3 is 59.8 Å². The van der Waals surface area contributed by atoms with Crippen LogP contribution in [0.25, 0.3) is 0 Å². The largest absolute Gasteiger partial charge is 0.460 e. The molecule has 0 aromatic carbocycles. The standard InChI is InChI=1S/C18H21F17N2O4Si/c1-42(2,3)8-7-41-10(39)37-36-9(38)40-6-4-5-11(19,20)12(21,22)13(23,24)14(25,26)15(27,28)16(29,30)17(31,32)18(33,34)35/h4-8H2,1-3H3,(H,36,38)(H,37,39). The van der Waals surface area contributed by atoms with Gasteiger partial charge in [0.25, 0.3) is 0 Å². The number of amides is 2. The monoisotopic (exact) mass is 680 g/mol. The zero-order valence-corrected chi connectivity index (χ0v) is 22.1. The molecule has 250 valence electrons. The van der Waals surface area contributed by atoms with Gasteiger partial charge in [0.15, 0.2) is 0 Å². The van der Waals surface area contributed by atoms with E-state index in [1.807, 2.05) is 19.6 Å². The molecule has 24 heteroatoms. The average Bonchev–Trinajstić information content (AvgIpc) is 2.78. The lowest BCUT2D eigenvalue weighted by molar-refractivity contribution is -0.461. The Kier molecular flexibility index (Phi) is 11.6. The fraction of sp³-hybridized carbons (Fsp3) is 0.889. The number of carbonyl (C=O) groups excluding carboxylic acids is 2. The van der Waals surface area contributed by atoms with Crippen LogP contribution in [0.2, 0.25) is 25.7 Å². The van der Waals surface area contributed by atoms with Crippen LogP contribution in [0.1, 0.15) is 12.8 Å². The second kappa shape index (κ2) is 12.3. The molecule has 0 aliphatic carbocycles. The highest BCUT2D eigenvalue weighted by atomic mass is 28.3. The third-order valence-electron chi connectivity index (χ3n) is 5.01. The van der Waals surface area contributed by atoms with Crippen molar-refractivity contribution in [3.05, 3.63) is 0 Å². The second-order valence-electron chi connectivity index (χ2n) is 9.58. The summed E-state index contributed by atoms with van der Waals surface area (Å²) in [7, 11) is -1.64. The number of hydrogen-bond acceptors (Lipinski definition) is 4. The molecule has 0 aromatic heterocycles. The van der Waals surface area contributed by atoms with Crippen LogP contribution >= 0.6 is 0 Å². The summed E-state index contributed by atoms with van der Waals surface area (Å²) in [5.74, 6) is -56.9. The fourth-order valence-electron chi connectivity index (χ4n) is 2.44. The molecule has 2 amide bonds. The number of hydrogen-bond donors (Lipinski definition) is 2. The minimum absolute atomic E-state index is 0.0976. The molecule has 0 heterocycles. The molecule has 0 spiro atoms. The third kappa shape index (κ3) is 7.74. The van der Waals surface area contributed by atoms with E-state index in [4.69, 9.17) is 0 Å². The highest BCUT2D eigenvalue weighted by Gasteiger charge is 2.95. The minimum Gasteiger partial charge on any atom is -0.449 e. The molecule has 0 aliphatic heterocycles. The molecule has 6 nitrogen and oxygen atoms in total. The number of halogens is 17. The lowest BCUT2D eigenvalue weighted by atomic mass is 9.88. The molecule has 42 heavy (non-hydrogen) atoms. The van der Waals surface area contributed by atoms with Gasteiger partial charge in [0.05, 0.1) is 13.2 Å². The van der Waals surface area contributed by atoms with Gasteiger partial charge in [-0.15, -0.1) is 0 Å². The van der Waals surface area contributed by atoms with Crippen LogP contribution in [-0.2, 0) is 9.47 Å². The topological polar surface area (TPSA) is 76.7 Å². The van der Waals surface area contributed by atoms with Crippen LogP contribution in [0.5, 0.6) is 0 Å². The van der Waals surface area contributed by atoms with E-state index in [1.165, 1.54) is 5.43 Å². The number of carbonyl (C=O) groups is 2. The first-order valence-electron chi connectivity index (χ1n) is 10.8. The quantitative estimate of drug-likeness (QED) is 0.0916. The molecular formula is C18H21F17N2O4Si. The van der Waals surface area contributed by atoms with Gasteiger partial charge in [-0.3, -0.25) is 0 Å². The lowest BCUT2D eigenvalue weighted by Gasteiger charge is -2.42. The van der Waals surface area contributed by atoms with E-state index in [2.05, 4.69) is 9.47 Å². The Hall–Kier alpha value is -2.43. The van der Waals surface area contributed by atoms with Gasteiger partial charge in [0, 0.05) is 14.5 Å². The Labute approximate surface area is 225 Å². The van der Waals surface area contributed by atoms with Crippen LogP contribution in [0, 0.1) is 0 Å². The highest BCUT2D eigenvalue weighted by Crippen LogP contribution is 2.64. The molecular weight excluding hydrogens is 659 g/mol. The normalized spacial score (nSPS) is 14.9. The zero-order chi connectivity index (χ0) is 34.0. The Morgan fingerprint density at radius 3 is 1.24 bits per heavy atom. The van der Waals surface area contributed by atoms with E-state index in [0.717, 1.165) is 0 Å². The first-order valence-corrected chi connectivity index (χ1v) is 14.5. The van der Waals surface area contributed by atoms with E-state index >= 15 is 0 Å². The van der Waals surface area contributed by atoms with E-state index in [9.17, 15) is 84.2 Å². The summed E-state index contributed by atoms with van der Waals surface area (Å²) in [6, 6.07) is 0.481. The van der Waals surface area contributed by atoms with Gasteiger partial charge in [0.2, 0.25) is 0 Å². The van der Waals surface area contributed by atoms with Gasteiger partial charge < -0.3 is 9.47 Å². The minimum atomic E-state index is -8.70. The van der Waals surface area contributed by atoms with Gasteiger partial charge in [-0.25, -0.2) is 20.4 Å². The molecule has 0 bridgehead atoms. The maximum atomic E-state index is 13.8. The molecule has 0 aromatic rings. The van der Waals surface area contributed by atoms with Crippen LogP contribution in [-0.4, -0.2) is 81.1 Å². The van der Waals surface area contributed by atoms with Crippen molar-refractivity contribution in [3.8, 4) is 0 Å². The van der Waals surface area contributed by atoms with Crippen molar-refractivity contribution in [1.82, 2.24) is 10.9 Å². The maximum absolute atomic E-state index is 13.8. The van der Waals surface area contributed by atoms with Gasteiger partial charge in [-0.2, -0.15) is 74.6 Å². The molecule has 0 radical (unpaired) electrons. The number of ether oxygens (including phenoxy) is 2. The summed E-state index contributed by atoms with van der Waals surface area (Å²) in [6.07, 6.45) is -15.3. The van der Waals surface area contributed by atoms with Gasteiger partial charge in [-0.1, -0.05) is 19.6 Å². The van der Waals surface area contributed by atoms with E-state index in [-0.39, 0.29) is 6.61 Å². The summed E-state index contributed by atoms with van der Waals surface area (Å²) in [6.45, 7) is 4.16. The maximum Gasteiger partial charge on any atom is 0.460 e. The SMILES string of the molecule is C[Si](C)(C)CCOC(=O)NNC(=O)OCCCC(F)(F)C(F)(F)C(F)(F)C(F)(F)C(F)(F)C(F)(F)C(F)(F)C(F)(F)F. The molecule has 0 unspecified atom stereocenters.